The van der Waals surface area contributed by atoms with Crippen LogP contribution in [-0.2, 0) is 0 Å². The molecule has 0 aliphatic heterocycles. The molecule has 7 rings (SSSR count). The molecule has 0 radical (unpaired) electrons. The smallest absolute Gasteiger partial charge is 0.198 e. The monoisotopic (exact) mass is 1120 g/mol. The zero-order valence-electron chi connectivity index (χ0n) is 51.1. The standard InChI is InChI=1S/C73H100O9/c1-6-11-16-21-30-43-77-65-49-58-59-50-66(78-44-31-22-17-12-7-2)68(80-46-33-24-19-14-9-4)52-61(59)63-54-70(69(81-47-34-25-20-15-10-5)53-62(63)60(58)51-67(65)79-45-32-23-18-13-8-3)82-48-36-27-26-35-42-76-64-41-37-40-57-71(64)73(75)56-39-29-28-38-55(56)72(57)74/h28-29,37-41,49-54H,6-27,30-36,42-48H2,1-5H3. The quantitative estimate of drug-likeness (QED) is 0.0273. The molecule has 9 heteroatoms. The second-order valence-corrected chi connectivity index (χ2v) is 22.8. The molecule has 0 aromatic heterocycles. The van der Waals surface area contributed by atoms with Gasteiger partial charge >= 0.3 is 0 Å². The Morgan fingerprint density at radius 2 is 0.476 bits per heavy atom. The molecule has 6 aromatic rings. The van der Waals surface area contributed by atoms with Crippen LogP contribution in [-0.4, -0.2) is 57.8 Å². The van der Waals surface area contributed by atoms with Gasteiger partial charge in [-0.25, -0.2) is 0 Å². The van der Waals surface area contributed by atoms with Crippen molar-refractivity contribution in [2.45, 2.75) is 221 Å². The lowest BCUT2D eigenvalue weighted by Gasteiger charge is -2.21. The van der Waals surface area contributed by atoms with Gasteiger partial charge < -0.3 is 33.2 Å². The lowest BCUT2D eigenvalue weighted by Crippen LogP contribution is -2.21. The molecule has 1 aliphatic rings. The van der Waals surface area contributed by atoms with Crippen molar-refractivity contribution in [3.63, 3.8) is 0 Å². The summed E-state index contributed by atoms with van der Waals surface area (Å²) >= 11 is 0. The van der Waals surface area contributed by atoms with Gasteiger partial charge in [-0.3, -0.25) is 9.59 Å². The Morgan fingerprint density at radius 3 is 0.744 bits per heavy atom. The molecular formula is C73H100O9. The molecule has 9 nitrogen and oxygen atoms in total. The maximum absolute atomic E-state index is 13.6. The average Bonchev–Trinajstić information content (AvgIpc) is 1.79. The first-order valence-electron chi connectivity index (χ1n) is 32.7. The molecule has 0 amide bonds. The van der Waals surface area contributed by atoms with Gasteiger partial charge in [0.15, 0.2) is 46.1 Å². The van der Waals surface area contributed by atoms with Gasteiger partial charge in [0.2, 0.25) is 0 Å². The Bertz CT molecular complexity index is 2830. The van der Waals surface area contributed by atoms with E-state index in [-0.39, 0.29) is 11.6 Å². The van der Waals surface area contributed by atoms with Gasteiger partial charge in [0.1, 0.15) is 5.75 Å². The Morgan fingerprint density at radius 1 is 0.244 bits per heavy atom. The molecule has 0 atom stereocenters. The van der Waals surface area contributed by atoms with E-state index in [1.165, 1.54) is 96.3 Å². The second kappa shape index (κ2) is 35.9. The van der Waals surface area contributed by atoms with Gasteiger partial charge in [0.05, 0.1) is 51.8 Å². The molecule has 0 saturated carbocycles. The molecule has 0 bridgehead atoms. The van der Waals surface area contributed by atoms with E-state index in [0.717, 1.165) is 157 Å². The Hall–Kier alpha value is -5.96. The summed E-state index contributed by atoms with van der Waals surface area (Å²) in [6, 6.07) is 25.7. The first-order valence-corrected chi connectivity index (χ1v) is 32.7. The van der Waals surface area contributed by atoms with E-state index >= 15 is 0 Å². The van der Waals surface area contributed by atoms with Gasteiger partial charge in [-0.15, -0.1) is 0 Å². The molecular weight excluding hydrogens is 1020 g/mol. The van der Waals surface area contributed by atoms with Crippen LogP contribution in [0.15, 0.2) is 78.9 Å². The third-order valence-corrected chi connectivity index (χ3v) is 16.1. The van der Waals surface area contributed by atoms with E-state index in [2.05, 4.69) is 71.0 Å². The number of carbonyl (C=O) groups excluding carboxylic acids is 2. The molecule has 0 fully saturated rings. The van der Waals surface area contributed by atoms with Gasteiger partial charge in [0, 0.05) is 16.7 Å². The summed E-state index contributed by atoms with van der Waals surface area (Å²) in [6.45, 7) is 15.4. The van der Waals surface area contributed by atoms with E-state index in [4.69, 9.17) is 33.2 Å². The maximum atomic E-state index is 13.6. The van der Waals surface area contributed by atoms with Crippen LogP contribution >= 0.6 is 0 Å². The van der Waals surface area contributed by atoms with Crippen molar-refractivity contribution in [1.82, 2.24) is 0 Å². The maximum Gasteiger partial charge on any atom is 0.198 e. The fourth-order valence-corrected chi connectivity index (χ4v) is 11.3. The van der Waals surface area contributed by atoms with Crippen molar-refractivity contribution in [2.24, 2.45) is 0 Å². The zero-order valence-corrected chi connectivity index (χ0v) is 51.1. The van der Waals surface area contributed by atoms with Gasteiger partial charge in [-0.2, -0.15) is 0 Å². The summed E-state index contributed by atoms with van der Waals surface area (Å²) in [5, 5.41) is 6.43. The van der Waals surface area contributed by atoms with Crippen LogP contribution in [0.25, 0.3) is 32.3 Å². The number of hydrogen-bond acceptors (Lipinski definition) is 9. The summed E-state index contributed by atoms with van der Waals surface area (Å²) < 4.78 is 46.9. The minimum atomic E-state index is -0.165. The van der Waals surface area contributed by atoms with Crippen molar-refractivity contribution in [3.05, 3.63) is 101 Å². The molecule has 0 saturated heterocycles. The zero-order chi connectivity index (χ0) is 57.6. The number of rotatable bonds is 44. The summed E-state index contributed by atoms with van der Waals surface area (Å²) in [4.78, 5) is 26.9. The number of hydrogen-bond donors (Lipinski definition) is 0. The second-order valence-electron chi connectivity index (χ2n) is 22.8. The molecule has 446 valence electrons. The highest BCUT2D eigenvalue weighted by molar-refractivity contribution is 6.29. The van der Waals surface area contributed by atoms with Crippen molar-refractivity contribution in [1.29, 1.82) is 0 Å². The third-order valence-electron chi connectivity index (χ3n) is 16.1. The number of ether oxygens (including phenoxy) is 7. The molecule has 6 aromatic carbocycles. The first kappa shape index (κ1) is 63.6. The first-order chi connectivity index (χ1) is 40.4. The van der Waals surface area contributed by atoms with Crippen LogP contribution in [0.2, 0.25) is 0 Å². The summed E-state index contributed by atoms with van der Waals surface area (Å²) in [7, 11) is 0. The molecule has 0 N–H and O–H groups in total. The van der Waals surface area contributed by atoms with E-state index in [1.807, 2.05) is 0 Å². The highest BCUT2D eigenvalue weighted by Crippen LogP contribution is 2.47. The highest BCUT2D eigenvalue weighted by Gasteiger charge is 2.32. The summed E-state index contributed by atoms with van der Waals surface area (Å²) in [5.74, 6) is 4.77. The lowest BCUT2D eigenvalue weighted by molar-refractivity contribution is 0.0975. The van der Waals surface area contributed by atoms with Crippen LogP contribution in [0.1, 0.15) is 253 Å². The Kier molecular flexibility index (Phi) is 27.9. The average molecular weight is 1120 g/mol. The molecule has 1 aliphatic carbocycles. The van der Waals surface area contributed by atoms with Gasteiger partial charge in [-0.1, -0.05) is 199 Å². The number of carbonyl (C=O) groups is 2. The van der Waals surface area contributed by atoms with Crippen LogP contribution < -0.4 is 33.2 Å². The Balaban J connectivity index is 1.20. The molecule has 0 unspecified atom stereocenters. The van der Waals surface area contributed by atoms with Crippen LogP contribution in [0.5, 0.6) is 40.2 Å². The van der Waals surface area contributed by atoms with Crippen molar-refractivity contribution >= 4 is 43.9 Å². The fraction of sp³-hybridized carbons (Fsp3) is 0.562. The molecule has 0 spiro atoms. The fourth-order valence-electron chi connectivity index (χ4n) is 11.3. The van der Waals surface area contributed by atoms with Crippen LogP contribution in [0, 0.1) is 0 Å². The van der Waals surface area contributed by atoms with E-state index in [0.29, 0.717) is 74.3 Å². The predicted molar refractivity (Wildman–Crippen MR) is 339 cm³/mol. The van der Waals surface area contributed by atoms with Crippen molar-refractivity contribution in [2.75, 3.05) is 46.2 Å². The van der Waals surface area contributed by atoms with E-state index in [1.54, 1.807) is 42.5 Å². The predicted octanol–water partition coefficient (Wildman–Crippen LogP) is 20.7. The van der Waals surface area contributed by atoms with Crippen LogP contribution in [0.3, 0.4) is 0 Å². The van der Waals surface area contributed by atoms with Crippen molar-refractivity contribution in [3.8, 4) is 40.2 Å². The molecule has 0 heterocycles. The third kappa shape index (κ3) is 18.5. The topological polar surface area (TPSA) is 98.8 Å². The number of benzene rings is 6. The number of unbranched alkanes of at least 4 members (excludes halogenated alkanes) is 23. The Labute approximate surface area is 492 Å². The summed E-state index contributed by atoms with van der Waals surface area (Å²) in [6.07, 6.45) is 32.4. The minimum Gasteiger partial charge on any atom is -0.493 e. The normalized spacial score (nSPS) is 12.1. The summed E-state index contributed by atoms with van der Waals surface area (Å²) in [5.41, 5.74) is 1.64. The van der Waals surface area contributed by atoms with Gasteiger partial charge in [0.25, 0.3) is 0 Å². The van der Waals surface area contributed by atoms with Gasteiger partial charge in [-0.05, 0) is 133 Å². The number of fused-ring (bicyclic) bond motifs is 8. The van der Waals surface area contributed by atoms with E-state index in [9.17, 15) is 9.59 Å². The van der Waals surface area contributed by atoms with E-state index < -0.39 is 0 Å². The van der Waals surface area contributed by atoms with Crippen molar-refractivity contribution < 1.29 is 42.7 Å². The van der Waals surface area contributed by atoms with Crippen LogP contribution in [0.4, 0.5) is 0 Å². The lowest BCUT2D eigenvalue weighted by atomic mass is 9.83. The SMILES string of the molecule is CCCCCCCOc1cc2c3cc(OCCCCCCC)c(OCCCCCCC)cc3c3cc(OCCCCCCOc4cccc5c4C(=O)c4ccccc4C5=O)c(OCCCCCCC)cc3c2cc1OCCCCCCC. The molecule has 82 heavy (non-hydrogen) atoms. The minimum absolute atomic E-state index is 0.140. The largest absolute Gasteiger partial charge is 0.493 e. The number of ketones is 2. The highest BCUT2D eigenvalue weighted by atomic mass is 16.5.